The van der Waals surface area contributed by atoms with Gasteiger partial charge in [0.25, 0.3) is 0 Å². The van der Waals surface area contributed by atoms with Crippen LogP contribution in [0.3, 0.4) is 0 Å². The smallest absolute Gasteiger partial charge is 0.315 e. The van der Waals surface area contributed by atoms with Gasteiger partial charge < -0.3 is 10.1 Å². The first-order valence-electron chi connectivity index (χ1n) is 8.83. The molecule has 0 saturated heterocycles. The summed E-state index contributed by atoms with van der Waals surface area (Å²) >= 11 is 0. The van der Waals surface area contributed by atoms with E-state index < -0.39 is 11.3 Å². The summed E-state index contributed by atoms with van der Waals surface area (Å²) in [5.41, 5.74) is 2.74. The van der Waals surface area contributed by atoms with Crippen LogP contribution in [0.5, 0.6) is 0 Å². The molecule has 0 amide bonds. The molecule has 0 aliphatic heterocycles. The number of fused-ring (bicyclic) bond motifs is 1. The molecule has 0 bridgehead atoms. The third-order valence-electron chi connectivity index (χ3n) is 4.93. The highest BCUT2D eigenvalue weighted by Crippen LogP contribution is 2.40. The Bertz CT molecular complexity index is 868. The third-order valence-corrected chi connectivity index (χ3v) is 4.93. The zero-order valence-electron chi connectivity index (χ0n) is 15.3. The van der Waals surface area contributed by atoms with Crippen LogP contribution in [0, 0.1) is 16.7 Å². The van der Waals surface area contributed by atoms with E-state index >= 15 is 0 Å². The lowest BCUT2D eigenvalue weighted by atomic mass is 9.65. The van der Waals surface area contributed by atoms with Gasteiger partial charge in [-0.25, -0.2) is 0 Å². The van der Waals surface area contributed by atoms with Crippen molar-refractivity contribution in [3.63, 3.8) is 0 Å². The summed E-state index contributed by atoms with van der Waals surface area (Å²) in [7, 11) is 0. The maximum Gasteiger partial charge on any atom is 0.315 e. The van der Waals surface area contributed by atoms with Crippen LogP contribution >= 0.6 is 0 Å². The van der Waals surface area contributed by atoms with Crippen LogP contribution in [0.15, 0.2) is 48.5 Å². The third kappa shape index (κ3) is 3.19. The highest BCUT2D eigenvalue weighted by atomic mass is 16.5. The van der Waals surface area contributed by atoms with Crippen molar-refractivity contribution in [3.05, 3.63) is 70.8 Å². The standard InChI is InChI=1S/C22H23NO3/c1-4-26-21(25)18-19(23)17-11-10-15(12-16(17)13-22(18,2)3)20(24)14-8-6-5-7-9-14/h5-12,18,23H,4,13H2,1-3H3. The van der Waals surface area contributed by atoms with Crippen LogP contribution in [-0.2, 0) is 16.0 Å². The summed E-state index contributed by atoms with van der Waals surface area (Å²) in [4.78, 5) is 25.1. The fraction of sp³-hybridized carbons (Fsp3) is 0.318. The number of hydrogen-bond acceptors (Lipinski definition) is 4. The van der Waals surface area contributed by atoms with Crippen LogP contribution in [0.4, 0.5) is 0 Å². The van der Waals surface area contributed by atoms with Gasteiger partial charge in [-0.05, 0) is 36.0 Å². The Morgan fingerprint density at radius 3 is 2.46 bits per heavy atom. The largest absolute Gasteiger partial charge is 0.465 e. The summed E-state index contributed by atoms with van der Waals surface area (Å²) in [5.74, 6) is -0.978. The maximum atomic E-state index is 12.7. The Hall–Kier alpha value is -2.75. The van der Waals surface area contributed by atoms with E-state index in [1.165, 1.54) is 0 Å². The monoisotopic (exact) mass is 349 g/mol. The van der Waals surface area contributed by atoms with Gasteiger partial charge in [0, 0.05) is 11.1 Å². The molecule has 1 N–H and O–H groups in total. The number of rotatable bonds is 4. The molecule has 4 heteroatoms. The molecule has 0 aromatic heterocycles. The molecule has 26 heavy (non-hydrogen) atoms. The molecule has 1 aliphatic rings. The molecule has 0 radical (unpaired) electrons. The number of carbonyl (C=O) groups excluding carboxylic acids is 2. The van der Waals surface area contributed by atoms with Crippen molar-refractivity contribution in [2.75, 3.05) is 6.61 Å². The van der Waals surface area contributed by atoms with E-state index in [9.17, 15) is 9.59 Å². The molecule has 0 fully saturated rings. The normalized spacial score (nSPS) is 18.1. The SMILES string of the molecule is CCOC(=O)C1C(=N)c2ccc(C(=O)c3ccccc3)cc2CC1(C)C. The van der Waals surface area contributed by atoms with E-state index in [1.54, 1.807) is 31.2 Å². The summed E-state index contributed by atoms with van der Waals surface area (Å²) in [6.07, 6.45) is 0.615. The van der Waals surface area contributed by atoms with Gasteiger partial charge >= 0.3 is 5.97 Å². The molecule has 1 atom stereocenters. The highest BCUT2D eigenvalue weighted by Gasteiger charge is 2.44. The zero-order chi connectivity index (χ0) is 18.9. The first kappa shape index (κ1) is 18.1. The molecule has 2 aromatic rings. The van der Waals surface area contributed by atoms with Gasteiger partial charge in [0.1, 0.15) is 5.92 Å². The number of esters is 1. The summed E-state index contributed by atoms with van der Waals surface area (Å²) < 4.78 is 5.19. The van der Waals surface area contributed by atoms with Crippen LogP contribution in [0.1, 0.15) is 47.8 Å². The Morgan fingerprint density at radius 2 is 1.81 bits per heavy atom. The Labute approximate surface area is 153 Å². The summed E-state index contributed by atoms with van der Waals surface area (Å²) in [6.45, 7) is 6.01. The molecule has 0 heterocycles. The van der Waals surface area contributed by atoms with Gasteiger partial charge in [-0.3, -0.25) is 9.59 Å². The van der Waals surface area contributed by atoms with Crippen LogP contribution in [0.2, 0.25) is 0 Å². The summed E-state index contributed by atoms with van der Waals surface area (Å²) in [5, 5.41) is 8.55. The average molecular weight is 349 g/mol. The van der Waals surface area contributed by atoms with Gasteiger partial charge in [0.2, 0.25) is 0 Å². The molecule has 134 valence electrons. The Kier molecular flexibility index (Phi) is 4.77. The van der Waals surface area contributed by atoms with Gasteiger partial charge in [0.15, 0.2) is 5.78 Å². The van der Waals surface area contributed by atoms with Crippen LogP contribution in [-0.4, -0.2) is 24.1 Å². The fourth-order valence-electron chi connectivity index (χ4n) is 3.70. The zero-order valence-corrected chi connectivity index (χ0v) is 15.3. The number of benzene rings is 2. The molecule has 1 unspecified atom stereocenters. The second kappa shape index (κ2) is 6.87. The van der Waals surface area contributed by atoms with Gasteiger partial charge in [-0.1, -0.05) is 56.3 Å². The van der Waals surface area contributed by atoms with E-state index in [0.717, 1.165) is 11.1 Å². The number of nitrogens with one attached hydrogen (secondary N) is 1. The quantitative estimate of drug-likeness (QED) is 0.669. The lowest BCUT2D eigenvalue weighted by molar-refractivity contribution is -0.148. The molecule has 1 aliphatic carbocycles. The Balaban J connectivity index is 1.98. The number of hydrogen-bond donors (Lipinski definition) is 1. The van der Waals surface area contributed by atoms with E-state index in [1.807, 2.05) is 38.1 Å². The minimum Gasteiger partial charge on any atom is -0.465 e. The van der Waals surface area contributed by atoms with Crippen molar-refractivity contribution in [3.8, 4) is 0 Å². The van der Waals surface area contributed by atoms with Crippen molar-refractivity contribution in [2.45, 2.75) is 27.2 Å². The first-order chi connectivity index (χ1) is 12.3. The number of ketones is 1. The second-order valence-electron chi connectivity index (χ2n) is 7.33. The molecule has 3 rings (SSSR count). The van der Waals surface area contributed by atoms with Crippen molar-refractivity contribution in [2.24, 2.45) is 11.3 Å². The minimum absolute atomic E-state index is 0.0368. The number of ether oxygens (including phenoxy) is 1. The van der Waals surface area contributed by atoms with E-state index in [4.69, 9.17) is 10.1 Å². The van der Waals surface area contributed by atoms with Crippen LogP contribution in [0.25, 0.3) is 0 Å². The Morgan fingerprint density at radius 1 is 1.12 bits per heavy atom. The molecular formula is C22H23NO3. The second-order valence-corrected chi connectivity index (χ2v) is 7.33. The van der Waals surface area contributed by atoms with E-state index in [2.05, 4.69) is 0 Å². The number of carbonyl (C=O) groups is 2. The van der Waals surface area contributed by atoms with Gasteiger partial charge in [0.05, 0.1) is 12.3 Å². The van der Waals surface area contributed by atoms with E-state index in [-0.39, 0.29) is 17.5 Å². The molecule has 2 aromatic carbocycles. The van der Waals surface area contributed by atoms with Gasteiger partial charge in [-0.15, -0.1) is 0 Å². The van der Waals surface area contributed by atoms with Crippen molar-refractivity contribution in [1.29, 1.82) is 5.41 Å². The molecule has 0 saturated carbocycles. The maximum absolute atomic E-state index is 12.7. The minimum atomic E-state index is -0.592. The summed E-state index contributed by atoms with van der Waals surface area (Å²) in [6, 6.07) is 14.5. The van der Waals surface area contributed by atoms with Crippen LogP contribution < -0.4 is 0 Å². The molecule has 0 spiro atoms. The predicted octanol–water partition coefficient (Wildman–Crippen LogP) is 4.05. The van der Waals surface area contributed by atoms with E-state index in [0.29, 0.717) is 24.2 Å². The topological polar surface area (TPSA) is 67.2 Å². The predicted molar refractivity (Wildman–Crippen MR) is 101 cm³/mol. The molecule has 4 nitrogen and oxygen atoms in total. The van der Waals surface area contributed by atoms with Crippen molar-refractivity contribution in [1.82, 2.24) is 0 Å². The molecular weight excluding hydrogens is 326 g/mol. The first-order valence-corrected chi connectivity index (χ1v) is 8.83. The van der Waals surface area contributed by atoms with Gasteiger partial charge in [-0.2, -0.15) is 0 Å². The lowest BCUT2D eigenvalue weighted by Crippen LogP contribution is -2.43. The lowest BCUT2D eigenvalue weighted by Gasteiger charge is -2.38. The van der Waals surface area contributed by atoms with Crippen molar-refractivity contribution < 1.29 is 14.3 Å². The van der Waals surface area contributed by atoms with Crippen molar-refractivity contribution >= 4 is 17.5 Å². The fourth-order valence-corrected chi connectivity index (χ4v) is 3.70. The average Bonchev–Trinajstić information content (AvgIpc) is 2.60. The highest BCUT2D eigenvalue weighted by molar-refractivity contribution is 6.14.